The lowest BCUT2D eigenvalue weighted by Crippen LogP contribution is -2.41. The van der Waals surface area contributed by atoms with E-state index in [4.69, 9.17) is 4.98 Å². The summed E-state index contributed by atoms with van der Waals surface area (Å²) in [4.78, 5) is 22.6. The average Bonchev–Trinajstić information content (AvgIpc) is 3.13. The summed E-state index contributed by atoms with van der Waals surface area (Å²) in [7, 11) is 0. The molecule has 1 amide bonds. The number of aromatic amines is 1. The Balaban J connectivity index is 1.21. The molecule has 27 heavy (non-hydrogen) atoms. The first-order valence-corrected chi connectivity index (χ1v) is 9.75. The molecule has 1 aromatic heterocycles. The van der Waals surface area contributed by atoms with Crippen LogP contribution >= 0.6 is 0 Å². The van der Waals surface area contributed by atoms with Gasteiger partial charge in [-0.3, -0.25) is 9.69 Å². The Labute approximate surface area is 159 Å². The highest BCUT2D eigenvalue weighted by Crippen LogP contribution is 2.27. The van der Waals surface area contributed by atoms with Crippen molar-refractivity contribution >= 4 is 16.9 Å². The standard InChI is InChI=1S/C22H26N4O/c27-21(23-13-10-17-6-2-1-3-7-17)16-26-14-11-18(12-15-26)22-24-19-8-4-5-9-20(19)25-22/h1-9,18H,10-16H2,(H,23,27)(H,24,25). The maximum atomic E-state index is 12.2. The van der Waals surface area contributed by atoms with Gasteiger partial charge in [0.1, 0.15) is 5.82 Å². The minimum absolute atomic E-state index is 0.119. The molecule has 1 aliphatic heterocycles. The van der Waals surface area contributed by atoms with E-state index in [-0.39, 0.29) is 5.91 Å². The SMILES string of the molecule is O=C(CN1CCC(c2nc3ccccc3[nH]2)CC1)NCCc1ccccc1. The quantitative estimate of drug-likeness (QED) is 0.708. The van der Waals surface area contributed by atoms with Gasteiger partial charge in [0.25, 0.3) is 0 Å². The van der Waals surface area contributed by atoms with Gasteiger partial charge >= 0.3 is 0 Å². The average molecular weight is 362 g/mol. The Morgan fingerprint density at radius 1 is 1.07 bits per heavy atom. The molecule has 1 aliphatic rings. The summed E-state index contributed by atoms with van der Waals surface area (Å²) < 4.78 is 0. The number of rotatable bonds is 6. The topological polar surface area (TPSA) is 61.0 Å². The zero-order valence-electron chi connectivity index (χ0n) is 15.5. The number of nitrogens with zero attached hydrogens (tertiary/aromatic N) is 2. The maximum absolute atomic E-state index is 12.2. The molecule has 2 aromatic carbocycles. The van der Waals surface area contributed by atoms with Crippen LogP contribution in [0.15, 0.2) is 54.6 Å². The molecule has 0 spiro atoms. The van der Waals surface area contributed by atoms with Crippen LogP contribution < -0.4 is 5.32 Å². The van der Waals surface area contributed by atoms with Crippen molar-refractivity contribution in [3.63, 3.8) is 0 Å². The molecule has 0 unspecified atom stereocenters. The number of amides is 1. The molecule has 4 rings (SSSR count). The number of likely N-dealkylation sites (tertiary alicyclic amines) is 1. The molecular formula is C22H26N4O. The van der Waals surface area contributed by atoms with Gasteiger partial charge in [-0.25, -0.2) is 4.98 Å². The van der Waals surface area contributed by atoms with Gasteiger partial charge in [0.15, 0.2) is 0 Å². The van der Waals surface area contributed by atoms with Crippen molar-refractivity contribution in [3.8, 4) is 0 Å². The van der Waals surface area contributed by atoms with Crippen molar-refractivity contribution in [3.05, 3.63) is 66.0 Å². The number of aromatic nitrogens is 2. The second kappa shape index (κ2) is 8.35. The van der Waals surface area contributed by atoms with Crippen LogP contribution in [-0.4, -0.2) is 47.0 Å². The molecule has 2 N–H and O–H groups in total. The highest BCUT2D eigenvalue weighted by atomic mass is 16.2. The molecule has 0 radical (unpaired) electrons. The van der Waals surface area contributed by atoms with E-state index in [0.29, 0.717) is 19.0 Å². The van der Waals surface area contributed by atoms with Gasteiger partial charge in [0, 0.05) is 12.5 Å². The van der Waals surface area contributed by atoms with Crippen molar-refractivity contribution in [2.45, 2.75) is 25.2 Å². The van der Waals surface area contributed by atoms with Crippen LogP contribution in [0.5, 0.6) is 0 Å². The third-order valence-corrected chi connectivity index (χ3v) is 5.33. The first-order valence-electron chi connectivity index (χ1n) is 9.75. The molecule has 2 heterocycles. The summed E-state index contributed by atoms with van der Waals surface area (Å²) in [5.41, 5.74) is 3.39. The minimum Gasteiger partial charge on any atom is -0.355 e. The Bertz CT molecular complexity index is 848. The number of benzene rings is 2. The fraction of sp³-hybridized carbons (Fsp3) is 0.364. The van der Waals surface area contributed by atoms with E-state index in [1.807, 2.05) is 36.4 Å². The number of nitrogens with one attached hydrogen (secondary N) is 2. The van der Waals surface area contributed by atoms with E-state index in [0.717, 1.165) is 49.2 Å². The van der Waals surface area contributed by atoms with Gasteiger partial charge in [0.2, 0.25) is 5.91 Å². The van der Waals surface area contributed by atoms with E-state index < -0.39 is 0 Å². The molecule has 0 aliphatic carbocycles. The highest BCUT2D eigenvalue weighted by Gasteiger charge is 2.24. The second-order valence-corrected chi connectivity index (χ2v) is 7.28. The number of fused-ring (bicyclic) bond motifs is 1. The number of carbonyl (C=O) groups excluding carboxylic acids is 1. The lowest BCUT2D eigenvalue weighted by atomic mass is 9.96. The van der Waals surface area contributed by atoms with E-state index in [1.165, 1.54) is 5.56 Å². The molecule has 0 bridgehead atoms. The van der Waals surface area contributed by atoms with Crippen LogP contribution in [0.1, 0.15) is 30.1 Å². The van der Waals surface area contributed by atoms with Crippen molar-refractivity contribution in [2.24, 2.45) is 0 Å². The molecule has 0 atom stereocenters. The van der Waals surface area contributed by atoms with Gasteiger partial charge in [-0.15, -0.1) is 0 Å². The molecule has 3 aromatic rings. The predicted molar refractivity (Wildman–Crippen MR) is 108 cm³/mol. The molecule has 1 fully saturated rings. The monoisotopic (exact) mass is 362 g/mol. The van der Waals surface area contributed by atoms with Crippen molar-refractivity contribution in [2.75, 3.05) is 26.2 Å². The van der Waals surface area contributed by atoms with Crippen LogP contribution in [0, 0.1) is 0 Å². The van der Waals surface area contributed by atoms with E-state index >= 15 is 0 Å². The fourth-order valence-electron chi connectivity index (χ4n) is 3.78. The van der Waals surface area contributed by atoms with Crippen molar-refractivity contribution in [1.82, 2.24) is 20.2 Å². The van der Waals surface area contributed by atoms with Crippen LogP contribution in [0.4, 0.5) is 0 Å². The third-order valence-electron chi connectivity index (χ3n) is 5.33. The Hall–Kier alpha value is -2.66. The van der Waals surface area contributed by atoms with Crippen LogP contribution in [0.25, 0.3) is 11.0 Å². The lowest BCUT2D eigenvalue weighted by Gasteiger charge is -2.30. The predicted octanol–water partition coefficient (Wildman–Crippen LogP) is 3.10. The van der Waals surface area contributed by atoms with Crippen LogP contribution in [0.2, 0.25) is 0 Å². The van der Waals surface area contributed by atoms with Gasteiger partial charge in [0.05, 0.1) is 17.6 Å². The van der Waals surface area contributed by atoms with Gasteiger partial charge in [-0.05, 0) is 50.0 Å². The Morgan fingerprint density at radius 2 is 1.81 bits per heavy atom. The number of H-pyrrole nitrogens is 1. The molecule has 5 heteroatoms. The van der Waals surface area contributed by atoms with Gasteiger partial charge < -0.3 is 10.3 Å². The van der Waals surface area contributed by atoms with Gasteiger partial charge in [-0.2, -0.15) is 0 Å². The Morgan fingerprint density at radius 3 is 2.59 bits per heavy atom. The number of carbonyl (C=O) groups is 1. The van der Waals surface area contributed by atoms with Crippen LogP contribution in [-0.2, 0) is 11.2 Å². The maximum Gasteiger partial charge on any atom is 0.234 e. The van der Waals surface area contributed by atoms with Crippen molar-refractivity contribution < 1.29 is 4.79 Å². The molecule has 1 saturated heterocycles. The van der Waals surface area contributed by atoms with Crippen LogP contribution in [0.3, 0.4) is 0 Å². The summed E-state index contributed by atoms with van der Waals surface area (Å²) >= 11 is 0. The summed E-state index contributed by atoms with van der Waals surface area (Å²) in [5, 5.41) is 3.04. The first-order chi connectivity index (χ1) is 13.3. The third kappa shape index (κ3) is 4.55. The number of hydrogen-bond acceptors (Lipinski definition) is 3. The minimum atomic E-state index is 0.119. The van der Waals surface area contributed by atoms with E-state index in [2.05, 4.69) is 33.4 Å². The zero-order chi connectivity index (χ0) is 18.5. The largest absolute Gasteiger partial charge is 0.355 e. The summed E-state index contributed by atoms with van der Waals surface area (Å²) in [6.07, 6.45) is 2.95. The molecule has 5 nitrogen and oxygen atoms in total. The normalized spacial score (nSPS) is 15.9. The van der Waals surface area contributed by atoms with E-state index in [9.17, 15) is 4.79 Å². The highest BCUT2D eigenvalue weighted by molar-refractivity contribution is 5.78. The number of hydrogen-bond donors (Lipinski definition) is 2. The first kappa shape index (κ1) is 17.7. The second-order valence-electron chi connectivity index (χ2n) is 7.28. The number of piperidine rings is 1. The molecule has 0 saturated carbocycles. The lowest BCUT2D eigenvalue weighted by molar-refractivity contribution is -0.122. The zero-order valence-corrected chi connectivity index (χ0v) is 15.5. The summed E-state index contributed by atoms with van der Waals surface area (Å²) in [5.74, 6) is 1.66. The summed E-state index contributed by atoms with van der Waals surface area (Å²) in [6, 6.07) is 18.4. The Kier molecular flexibility index (Phi) is 5.49. The van der Waals surface area contributed by atoms with Crippen molar-refractivity contribution in [1.29, 1.82) is 0 Å². The number of imidazole rings is 1. The summed E-state index contributed by atoms with van der Waals surface area (Å²) in [6.45, 7) is 3.06. The fourth-order valence-corrected chi connectivity index (χ4v) is 3.78. The smallest absolute Gasteiger partial charge is 0.234 e. The van der Waals surface area contributed by atoms with Gasteiger partial charge in [-0.1, -0.05) is 42.5 Å². The number of para-hydroxylation sites is 2. The van der Waals surface area contributed by atoms with E-state index in [1.54, 1.807) is 0 Å². The molecule has 140 valence electrons. The molecular weight excluding hydrogens is 336 g/mol.